The van der Waals surface area contributed by atoms with Crippen molar-refractivity contribution >= 4 is 70.9 Å². The molecule has 0 saturated heterocycles. The summed E-state index contributed by atoms with van der Waals surface area (Å²) in [7, 11) is -15.5. The average molecular weight is 823 g/mol. The maximum absolute atomic E-state index is 14.4. The van der Waals surface area contributed by atoms with Gasteiger partial charge in [0.1, 0.15) is 30.4 Å². The molecule has 5 N–H and O–H groups in total. The first kappa shape index (κ1) is 43.2. The zero-order valence-electron chi connectivity index (χ0n) is 27.6. The summed E-state index contributed by atoms with van der Waals surface area (Å²) in [5.41, 5.74) is 4.12. The number of nitrogens with one attached hydrogen (secondary N) is 3. The molecule has 0 spiro atoms. The van der Waals surface area contributed by atoms with E-state index in [4.69, 9.17) is 5.73 Å². The van der Waals surface area contributed by atoms with Crippen LogP contribution in [0.3, 0.4) is 0 Å². The molecule has 0 atom stereocenters. The van der Waals surface area contributed by atoms with Gasteiger partial charge in [-0.25, -0.2) is 25.3 Å². The van der Waals surface area contributed by atoms with Gasteiger partial charge in [0, 0.05) is 28.9 Å². The number of rotatable bonds is 9. The van der Waals surface area contributed by atoms with Crippen molar-refractivity contribution in [3.8, 4) is 0 Å². The molecule has 268 valence electrons. The fourth-order valence-corrected chi connectivity index (χ4v) is 7.71. The summed E-state index contributed by atoms with van der Waals surface area (Å²) < 4.78 is 120. The Morgan fingerprint density at radius 3 is 1.75 bits per heavy atom. The van der Waals surface area contributed by atoms with Gasteiger partial charge in [0.2, 0.25) is 11.9 Å². The summed E-state index contributed by atoms with van der Waals surface area (Å²) in [4.78, 5) is 35.1. The molecule has 53 heavy (non-hydrogen) atoms. The van der Waals surface area contributed by atoms with Crippen molar-refractivity contribution in [1.29, 1.82) is 0 Å². The second-order valence-electron chi connectivity index (χ2n) is 11.5. The Kier molecular flexibility index (Phi) is 13.3. The van der Waals surface area contributed by atoms with Gasteiger partial charge in [-0.05, 0) is 49.9 Å². The van der Waals surface area contributed by atoms with Gasteiger partial charge in [-0.2, -0.15) is 19.3 Å². The number of ketones is 2. The summed E-state index contributed by atoms with van der Waals surface area (Å²) in [5, 5.41) is 8.21. The number of fused-ring (bicyclic) bond motifs is 2. The van der Waals surface area contributed by atoms with E-state index >= 15 is 0 Å². The van der Waals surface area contributed by atoms with Crippen molar-refractivity contribution < 1.29 is 134 Å². The van der Waals surface area contributed by atoms with Crippen LogP contribution in [0, 0.1) is 6.08 Å². The topological polar surface area (TPSA) is 307 Å². The van der Waals surface area contributed by atoms with E-state index in [-0.39, 0.29) is 109 Å². The molecule has 18 nitrogen and oxygen atoms in total. The Labute approximate surface area is 366 Å². The molecule has 1 saturated carbocycles. The molecule has 1 aromatic heterocycles. The minimum absolute atomic E-state index is 0. The third-order valence-electron chi connectivity index (χ3n) is 8.25. The number of nitrogens with two attached hydrogens (primary N) is 1. The fourth-order valence-electron chi connectivity index (χ4n) is 5.97. The number of hydrogen-bond acceptors (Lipinski definition) is 18. The van der Waals surface area contributed by atoms with Gasteiger partial charge in [-0.3, -0.25) is 9.59 Å². The molecule has 0 unspecified atom stereocenters. The second-order valence-corrected chi connectivity index (χ2v) is 15.6. The maximum Gasteiger partial charge on any atom is 1.00 e. The predicted molar refractivity (Wildman–Crippen MR) is 171 cm³/mol. The largest absolute Gasteiger partial charge is 1.00 e. The van der Waals surface area contributed by atoms with E-state index < -0.39 is 97.7 Å². The van der Waals surface area contributed by atoms with Crippen LogP contribution in [0.5, 0.6) is 0 Å². The Bertz CT molecular complexity index is 2490. The quantitative estimate of drug-likeness (QED) is 0.0620. The van der Waals surface area contributed by atoms with Crippen molar-refractivity contribution in [3.05, 3.63) is 76.9 Å². The first-order chi connectivity index (χ1) is 23.8. The van der Waals surface area contributed by atoms with E-state index in [2.05, 4.69) is 30.9 Å². The molecule has 0 amide bonds. The summed E-state index contributed by atoms with van der Waals surface area (Å²) in [6.07, 6.45) is 0.0800. The summed E-state index contributed by atoms with van der Waals surface area (Å²) in [6, 6.07) is 7.80. The molecule has 1 fully saturated rings. The Morgan fingerprint density at radius 1 is 0.679 bits per heavy atom. The van der Waals surface area contributed by atoms with Gasteiger partial charge in [-0.1, -0.05) is 24.3 Å². The molecule has 24 heteroatoms. The molecule has 1 heterocycles. The van der Waals surface area contributed by atoms with E-state index in [0.717, 1.165) is 6.07 Å². The minimum Gasteiger partial charge on any atom is -0.744 e. The molecule has 0 radical (unpaired) electrons. The number of carbonyl (C=O) groups excluding carboxylic acids is 2. The van der Waals surface area contributed by atoms with Crippen LogP contribution < -0.4 is 103 Å². The van der Waals surface area contributed by atoms with E-state index in [1.165, 1.54) is 18.2 Å². The van der Waals surface area contributed by atoms with Gasteiger partial charge < -0.3 is 35.3 Å². The number of nitrogen functional groups attached to an aromatic ring is 1. The zero-order chi connectivity index (χ0) is 37.0. The average Bonchev–Trinajstić information content (AvgIpc) is 3.03. The van der Waals surface area contributed by atoms with Crippen LogP contribution >= 0.6 is 0 Å². The van der Waals surface area contributed by atoms with Crippen LogP contribution in [-0.2, 0) is 30.4 Å². The molecule has 3 aromatic carbocycles. The number of carbonyl (C=O) groups is 2. The van der Waals surface area contributed by atoms with Crippen LogP contribution in [0.4, 0.5) is 33.3 Å². The van der Waals surface area contributed by atoms with Crippen LogP contribution in [0.25, 0.3) is 0 Å². The molecular weight excluding hydrogens is 800 g/mol. The molecule has 0 aliphatic heterocycles. The molecular formula is C29H23FKN7NaO11S3-. The van der Waals surface area contributed by atoms with Crippen LogP contribution in [0.1, 0.15) is 57.5 Å². The summed E-state index contributed by atoms with van der Waals surface area (Å²) in [5.74, 6) is -2.28. The number of hydrogen-bond donors (Lipinski definition) is 4. The normalized spacial score (nSPS) is 17.1. The summed E-state index contributed by atoms with van der Waals surface area (Å²) >= 11 is 0. The monoisotopic (exact) mass is 822 g/mol. The Hall–Kier alpha value is -2.49. The number of benzene rings is 3. The van der Waals surface area contributed by atoms with Crippen molar-refractivity contribution in [3.63, 3.8) is 0 Å². The van der Waals surface area contributed by atoms with Crippen molar-refractivity contribution in [2.45, 2.75) is 52.5 Å². The second kappa shape index (κ2) is 16.3. The van der Waals surface area contributed by atoms with Crippen molar-refractivity contribution in [2.24, 2.45) is 0 Å². The number of nitrogens with zero attached hydrogens (tertiary/aromatic N) is 3. The van der Waals surface area contributed by atoms with Crippen molar-refractivity contribution in [1.82, 2.24) is 15.0 Å². The van der Waals surface area contributed by atoms with Gasteiger partial charge in [0.25, 0.3) is 0 Å². The SMILES string of the molecule is Nc1c(S(=O)(=O)[O-])cc(NC2CCC(Nc3nc(F)nc(Nc4cc(S(=O)(=O)[O-])ccc4S(=O)(=O)[O-])n3)CC2)c2c1C(=O)c1ccccc1C2=O.[K+].[Na+]. The third-order valence-corrected chi connectivity index (χ3v) is 10.9. The smallest absolute Gasteiger partial charge is 0.744 e. The van der Waals surface area contributed by atoms with Crippen LogP contribution in [0.2, 0.25) is 0 Å². The minimum atomic E-state index is -5.21. The molecule has 2 aliphatic carbocycles. The predicted octanol–water partition coefficient (Wildman–Crippen LogP) is -4.33. The van der Waals surface area contributed by atoms with Gasteiger partial charge in [0.15, 0.2) is 11.6 Å². The standard InChI is InChI=1S/C29H26FN7O11S3.K.Na/c30-27-35-28(37-29(36-27)34-18-11-15(49(40,41)42)9-10-20(18)50(43,44)45)33-14-7-5-13(6-8-14)32-19-12-21(51(46,47)48)24(31)23-22(19)25(38)16-3-1-2-4-17(16)26(23)39;;/h1-4,9-14,32H,5-8,31H2,(H,40,41,42)(H,43,44,45)(H,46,47,48)(H2,33,34,35,36,37);;/q;2*+1/p-3. The van der Waals surface area contributed by atoms with Gasteiger partial charge in [-0.15, -0.1) is 0 Å². The van der Waals surface area contributed by atoms with Crippen LogP contribution in [-0.4, -0.2) is 77.5 Å². The Balaban J connectivity index is 0.00000314. The maximum atomic E-state index is 14.4. The summed E-state index contributed by atoms with van der Waals surface area (Å²) in [6.45, 7) is 0. The fraction of sp³-hybridized carbons (Fsp3) is 0.207. The van der Waals surface area contributed by atoms with E-state index in [1.54, 1.807) is 6.07 Å². The Morgan fingerprint density at radius 2 is 1.21 bits per heavy atom. The number of halogens is 1. The van der Waals surface area contributed by atoms with Crippen LogP contribution in [0.15, 0.2) is 63.2 Å². The number of anilines is 5. The van der Waals surface area contributed by atoms with Gasteiger partial charge >= 0.3 is 87.0 Å². The van der Waals surface area contributed by atoms with E-state index in [0.29, 0.717) is 43.9 Å². The molecule has 0 bridgehead atoms. The van der Waals surface area contributed by atoms with Gasteiger partial charge in [0.05, 0.1) is 37.2 Å². The molecule has 4 aromatic rings. The molecule has 2 aliphatic rings. The van der Waals surface area contributed by atoms with E-state index in [1.807, 2.05) is 0 Å². The van der Waals surface area contributed by atoms with E-state index in [9.17, 15) is 52.9 Å². The number of aromatic nitrogens is 3. The first-order valence-corrected chi connectivity index (χ1v) is 18.9. The molecule has 6 rings (SSSR count). The van der Waals surface area contributed by atoms with Crippen molar-refractivity contribution in [2.75, 3.05) is 21.7 Å². The zero-order valence-corrected chi connectivity index (χ0v) is 35.2. The third kappa shape index (κ3) is 9.32. The first-order valence-electron chi connectivity index (χ1n) is 14.7.